The molecule has 0 N–H and O–H groups in total. The van der Waals surface area contributed by atoms with Crippen LogP contribution < -0.4 is 23.8 Å². The molecule has 0 radical (unpaired) electrons. The Bertz CT molecular complexity index is 761. The van der Waals surface area contributed by atoms with Crippen molar-refractivity contribution >= 4 is 5.69 Å². The molecule has 1 aliphatic rings. The van der Waals surface area contributed by atoms with Crippen LogP contribution in [0.3, 0.4) is 0 Å². The van der Waals surface area contributed by atoms with E-state index < -0.39 is 0 Å². The Kier molecular flexibility index (Phi) is 6.24. The molecule has 2 aromatic rings. The Morgan fingerprint density at radius 2 is 1.56 bits per heavy atom. The molecule has 1 aliphatic heterocycles. The number of hydrogen-bond donors (Lipinski definition) is 0. The number of benzene rings is 1. The summed E-state index contributed by atoms with van der Waals surface area (Å²) in [6.07, 6.45) is 0. The highest BCUT2D eigenvalue weighted by atomic mass is 16.5. The summed E-state index contributed by atoms with van der Waals surface area (Å²) >= 11 is 0. The van der Waals surface area contributed by atoms with E-state index in [0.717, 1.165) is 55.5 Å². The van der Waals surface area contributed by atoms with Gasteiger partial charge in [-0.15, -0.1) is 0 Å². The fourth-order valence-electron chi connectivity index (χ4n) is 3.29. The van der Waals surface area contributed by atoms with Crippen LogP contribution >= 0.6 is 0 Å². The fourth-order valence-corrected chi connectivity index (χ4v) is 3.29. The number of nitrogens with zero attached hydrogens (tertiary/aromatic N) is 3. The largest absolute Gasteiger partial charge is 0.493 e. The minimum atomic E-state index is 0.564. The van der Waals surface area contributed by atoms with Gasteiger partial charge in [-0.05, 0) is 18.2 Å². The number of ether oxygens (including phenoxy) is 4. The second kappa shape index (κ2) is 8.81. The molecule has 0 saturated carbocycles. The van der Waals surface area contributed by atoms with Crippen molar-refractivity contribution in [2.75, 3.05) is 59.5 Å². The van der Waals surface area contributed by atoms with Crippen LogP contribution in [0.4, 0.5) is 5.69 Å². The average Bonchev–Trinajstić information content (AvgIpc) is 2.74. The third kappa shape index (κ3) is 4.36. The molecule has 7 heteroatoms. The SMILES string of the molecule is COc1ccc(CN2CCN(c3ccc(OC)c(OC)c3)CC2)c(OC)n1. The normalized spacial score (nSPS) is 14.7. The molecule has 0 bridgehead atoms. The molecule has 3 rings (SSSR count). The maximum Gasteiger partial charge on any atom is 0.220 e. The summed E-state index contributed by atoms with van der Waals surface area (Å²) in [7, 11) is 6.56. The Balaban J connectivity index is 1.62. The van der Waals surface area contributed by atoms with Crippen molar-refractivity contribution in [1.29, 1.82) is 0 Å². The summed E-state index contributed by atoms with van der Waals surface area (Å²) in [5, 5.41) is 0. The van der Waals surface area contributed by atoms with Gasteiger partial charge in [0.15, 0.2) is 11.5 Å². The average molecular weight is 373 g/mol. The highest BCUT2D eigenvalue weighted by Crippen LogP contribution is 2.32. The van der Waals surface area contributed by atoms with Gasteiger partial charge >= 0.3 is 0 Å². The van der Waals surface area contributed by atoms with E-state index in [1.54, 1.807) is 28.4 Å². The molecule has 1 fully saturated rings. The zero-order valence-corrected chi connectivity index (χ0v) is 16.4. The van der Waals surface area contributed by atoms with Gasteiger partial charge in [-0.2, -0.15) is 4.98 Å². The standard InChI is InChI=1S/C20H27N3O4/c1-24-17-7-6-16(13-18(17)25-2)23-11-9-22(10-12-23)14-15-5-8-19(26-3)21-20(15)27-4/h5-8,13H,9-12,14H2,1-4H3. The van der Waals surface area contributed by atoms with Crippen LogP contribution in [-0.4, -0.2) is 64.5 Å². The molecule has 0 unspecified atom stereocenters. The summed E-state index contributed by atoms with van der Waals surface area (Å²) in [5.74, 6) is 2.69. The predicted octanol–water partition coefficient (Wildman–Crippen LogP) is 2.44. The summed E-state index contributed by atoms with van der Waals surface area (Å²) in [4.78, 5) is 9.13. The predicted molar refractivity (Wildman–Crippen MR) is 104 cm³/mol. The minimum Gasteiger partial charge on any atom is -0.493 e. The van der Waals surface area contributed by atoms with Gasteiger partial charge in [0, 0.05) is 56.1 Å². The van der Waals surface area contributed by atoms with Crippen molar-refractivity contribution in [3.05, 3.63) is 35.9 Å². The van der Waals surface area contributed by atoms with E-state index in [2.05, 4.69) is 20.9 Å². The number of piperazine rings is 1. The number of hydrogen-bond acceptors (Lipinski definition) is 7. The molecule has 1 aromatic carbocycles. The molecular weight excluding hydrogens is 346 g/mol. The summed E-state index contributed by atoms with van der Waals surface area (Å²) in [6.45, 7) is 4.62. The third-order valence-corrected chi connectivity index (χ3v) is 4.81. The molecule has 7 nitrogen and oxygen atoms in total. The van der Waals surface area contributed by atoms with Crippen molar-refractivity contribution in [3.63, 3.8) is 0 Å². The first-order valence-corrected chi connectivity index (χ1v) is 8.95. The first-order chi connectivity index (χ1) is 13.2. The van der Waals surface area contributed by atoms with Gasteiger partial charge in [-0.25, -0.2) is 0 Å². The Morgan fingerprint density at radius 3 is 2.19 bits per heavy atom. The first-order valence-electron chi connectivity index (χ1n) is 8.95. The smallest absolute Gasteiger partial charge is 0.220 e. The van der Waals surface area contributed by atoms with Crippen molar-refractivity contribution in [1.82, 2.24) is 9.88 Å². The topological polar surface area (TPSA) is 56.3 Å². The molecule has 0 amide bonds. The molecule has 0 spiro atoms. The maximum atomic E-state index is 5.42. The molecule has 1 saturated heterocycles. The molecule has 0 aliphatic carbocycles. The number of rotatable bonds is 7. The van der Waals surface area contributed by atoms with Crippen LogP contribution in [0, 0.1) is 0 Å². The third-order valence-electron chi connectivity index (χ3n) is 4.81. The fraction of sp³-hybridized carbons (Fsp3) is 0.450. The van der Waals surface area contributed by atoms with Gasteiger partial charge in [0.05, 0.1) is 28.4 Å². The zero-order valence-electron chi connectivity index (χ0n) is 16.4. The number of pyridine rings is 1. The lowest BCUT2D eigenvalue weighted by Gasteiger charge is -2.36. The molecule has 1 aromatic heterocycles. The van der Waals surface area contributed by atoms with Gasteiger partial charge in [0.2, 0.25) is 11.8 Å². The monoisotopic (exact) mass is 373 g/mol. The van der Waals surface area contributed by atoms with Crippen LogP contribution in [0.2, 0.25) is 0 Å². The van der Waals surface area contributed by atoms with Crippen LogP contribution in [0.25, 0.3) is 0 Å². The summed E-state index contributed by atoms with van der Waals surface area (Å²) in [5.41, 5.74) is 2.22. The van der Waals surface area contributed by atoms with Crippen molar-refractivity contribution in [2.45, 2.75) is 6.54 Å². The van der Waals surface area contributed by atoms with Crippen molar-refractivity contribution < 1.29 is 18.9 Å². The Morgan fingerprint density at radius 1 is 0.815 bits per heavy atom. The van der Waals surface area contributed by atoms with E-state index in [9.17, 15) is 0 Å². The quantitative estimate of drug-likeness (QED) is 0.739. The number of anilines is 1. The summed E-state index contributed by atoms with van der Waals surface area (Å²) < 4.78 is 21.3. The lowest BCUT2D eigenvalue weighted by molar-refractivity contribution is 0.244. The van der Waals surface area contributed by atoms with E-state index >= 15 is 0 Å². The zero-order chi connectivity index (χ0) is 19.2. The van der Waals surface area contributed by atoms with Crippen LogP contribution in [0.15, 0.2) is 30.3 Å². The molecule has 146 valence electrons. The van der Waals surface area contributed by atoms with E-state index in [-0.39, 0.29) is 0 Å². The summed E-state index contributed by atoms with van der Waals surface area (Å²) in [6, 6.07) is 9.95. The highest BCUT2D eigenvalue weighted by Gasteiger charge is 2.20. The molecule has 2 heterocycles. The molecule has 0 atom stereocenters. The van der Waals surface area contributed by atoms with Crippen LogP contribution in [0.1, 0.15) is 5.56 Å². The second-order valence-corrected chi connectivity index (χ2v) is 6.32. The van der Waals surface area contributed by atoms with Gasteiger partial charge in [0.1, 0.15) is 0 Å². The minimum absolute atomic E-state index is 0.564. The van der Waals surface area contributed by atoms with Crippen molar-refractivity contribution in [2.24, 2.45) is 0 Å². The van der Waals surface area contributed by atoms with Crippen LogP contribution in [0.5, 0.6) is 23.3 Å². The maximum absolute atomic E-state index is 5.42. The number of methoxy groups -OCH3 is 4. The lowest BCUT2D eigenvalue weighted by atomic mass is 10.2. The number of aromatic nitrogens is 1. The van der Waals surface area contributed by atoms with Gasteiger partial charge in [-0.3, -0.25) is 4.90 Å². The highest BCUT2D eigenvalue weighted by molar-refractivity contribution is 5.56. The van der Waals surface area contributed by atoms with E-state index in [0.29, 0.717) is 11.8 Å². The van der Waals surface area contributed by atoms with Crippen molar-refractivity contribution in [3.8, 4) is 23.3 Å². The van der Waals surface area contributed by atoms with Gasteiger partial charge in [-0.1, -0.05) is 0 Å². The van der Waals surface area contributed by atoms with Gasteiger partial charge in [0.25, 0.3) is 0 Å². The lowest BCUT2D eigenvalue weighted by Crippen LogP contribution is -2.46. The van der Waals surface area contributed by atoms with E-state index in [4.69, 9.17) is 18.9 Å². The van der Waals surface area contributed by atoms with Crippen LogP contribution in [-0.2, 0) is 6.54 Å². The Hall–Kier alpha value is -2.67. The van der Waals surface area contributed by atoms with E-state index in [1.165, 1.54) is 0 Å². The van der Waals surface area contributed by atoms with Gasteiger partial charge < -0.3 is 23.8 Å². The molecule has 27 heavy (non-hydrogen) atoms. The van der Waals surface area contributed by atoms with E-state index in [1.807, 2.05) is 24.3 Å². The second-order valence-electron chi connectivity index (χ2n) is 6.32. The molecular formula is C20H27N3O4. The Labute approximate surface area is 160 Å². The first kappa shape index (κ1) is 19.1.